The minimum atomic E-state index is -0.0893. The molecule has 130 valence electrons. The fourth-order valence-corrected chi connectivity index (χ4v) is 3.07. The smallest absolute Gasteiger partial charge is 0.326 e. The molecule has 0 saturated heterocycles. The molecule has 0 aliphatic rings. The van der Waals surface area contributed by atoms with Crippen LogP contribution in [0.25, 0.3) is 11.0 Å². The summed E-state index contributed by atoms with van der Waals surface area (Å²) in [5, 5.41) is 2.92. The summed E-state index contributed by atoms with van der Waals surface area (Å²) < 4.78 is 3.48. The van der Waals surface area contributed by atoms with Gasteiger partial charge in [-0.25, -0.2) is 4.79 Å². The molecule has 1 aromatic heterocycles. The highest BCUT2D eigenvalue weighted by Gasteiger charge is 2.13. The molecule has 0 atom stereocenters. The van der Waals surface area contributed by atoms with Gasteiger partial charge in [-0.3, -0.25) is 13.9 Å². The van der Waals surface area contributed by atoms with E-state index in [1.54, 1.807) is 9.13 Å². The third kappa shape index (κ3) is 3.50. The van der Waals surface area contributed by atoms with Gasteiger partial charge in [0.1, 0.15) is 0 Å². The first kappa shape index (κ1) is 17.0. The Morgan fingerprint density at radius 2 is 1.56 bits per heavy atom. The van der Waals surface area contributed by atoms with Crippen molar-refractivity contribution in [2.45, 2.75) is 39.8 Å². The summed E-state index contributed by atoms with van der Waals surface area (Å²) in [5.41, 5.74) is 3.59. The van der Waals surface area contributed by atoms with Gasteiger partial charge in [0.2, 0.25) is 5.91 Å². The molecule has 1 amide bonds. The molecule has 5 heteroatoms. The number of anilines is 1. The zero-order chi connectivity index (χ0) is 17.8. The molecular formula is C20H23N3O2. The van der Waals surface area contributed by atoms with Gasteiger partial charge in [0.25, 0.3) is 0 Å². The van der Waals surface area contributed by atoms with E-state index in [-0.39, 0.29) is 18.0 Å². The molecule has 5 nitrogen and oxygen atoms in total. The van der Waals surface area contributed by atoms with Crippen molar-refractivity contribution in [3.8, 4) is 0 Å². The predicted molar refractivity (Wildman–Crippen MR) is 101 cm³/mol. The molecule has 0 aliphatic heterocycles. The van der Waals surface area contributed by atoms with Gasteiger partial charge in [-0.2, -0.15) is 0 Å². The Balaban J connectivity index is 1.79. The van der Waals surface area contributed by atoms with Crippen LogP contribution >= 0.6 is 0 Å². The number of aromatic nitrogens is 2. The number of hydrogen-bond acceptors (Lipinski definition) is 2. The standard InChI is InChI=1S/C20H23N3O2/c1-3-13-22-17-10-6-7-11-18(17)23(20(22)25)14-12-19(24)21-16-9-5-4-8-15(16)2/h4-11H,3,12-14H2,1-2H3,(H,21,24). The van der Waals surface area contributed by atoms with Gasteiger partial charge in [0.05, 0.1) is 11.0 Å². The number of rotatable bonds is 6. The number of carbonyl (C=O) groups is 1. The average molecular weight is 337 g/mol. The van der Waals surface area contributed by atoms with E-state index in [1.165, 1.54) is 0 Å². The number of nitrogens with zero attached hydrogens (tertiary/aromatic N) is 2. The summed E-state index contributed by atoms with van der Waals surface area (Å²) in [6.07, 6.45) is 1.15. The third-order valence-electron chi connectivity index (χ3n) is 4.35. The van der Waals surface area contributed by atoms with E-state index in [1.807, 2.05) is 62.4 Å². The van der Waals surface area contributed by atoms with Crippen LogP contribution in [0.2, 0.25) is 0 Å². The van der Waals surface area contributed by atoms with Crippen LogP contribution in [0.15, 0.2) is 53.3 Å². The molecular weight excluding hydrogens is 314 g/mol. The number of aryl methyl sites for hydroxylation is 3. The molecule has 1 N–H and O–H groups in total. The Kier molecular flexibility index (Phi) is 5.03. The lowest BCUT2D eigenvalue weighted by Crippen LogP contribution is -2.26. The molecule has 2 aromatic carbocycles. The Labute approximate surface area is 146 Å². The maximum absolute atomic E-state index is 12.7. The highest BCUT2D eigenvalue weighted by Crippen LogP contribution is 2.15. The Morgan fingerprint density at radius 3 is 2.20 bits per heavy atom. The van der Waals surface area contributed by atoms with Crippen molar-refractivity contribution in [2.75, 3.05) is 5.32 Å². The van der Waals surface area contributed by atoms with Gasteiger partial charge in [0.15, 0.2) is 0 Å². The van der Waals surface area contributed by atoms with Crippen molar-refractivity contribution >= 4 is 22.6 Å². The van der Waals surface area contributed by atoms with Crippen LogP contribution in [-0.2, 0) is 17.9 Å². The molecule has 0 aliphatic carbocycles. The van der Waals surface area contributed by atoms with E-state index >= 15 is 0 Å². The highest BCUT2D eigenvalue weighted by atomic mass is 16.2. The fourth-order valence-electron chi connectivity index (χ4n) is 3.07. The second-order valence-corrected chi connectivity index (χ2v) is 6.19. The van der Waals surface area contributed by atoms with Gasteiger partial charge in [-0.1, -0.05) is 37.3 Å². The summed E-state index contributed by atoms with van der Waals surface area (Å²) >= 11 is 0. The topological polar surface area (TPSA) is 56.0 Å². The van der Waals surface area contributed by atoms with Gasteiger partial charge in [0, 0.05) is 25.2 Å². The molecule has 0 bridgehead atoms. The number of benzene rings is 2. The SMILES string of the molecule is CCCn1c(=O)n(CCC(=O)Nc2ccccc2C)c2ccccc21. The van der Waals surface area contributed by atoms with E-state index in [9.17, 15) is 9.59 Å². The number of amides is 1. The lowest BCUT2D eigenvalue weighted by atomic mass is 10.2. The number of para-hydroxylation sites is 3. The van der Waals surface area contributed by atoms with Crippen LogP contribution in [0.4, 0.5) is 5.69 Å². The second kappa shape index (κ2) is 7.38. The monoisotopic (exact) mass is 337 g/mol. The maximum Gasteiger partial charge on any atom is 0.329 e. The van der Waals surface area contributed by atoms with Crippen LogP contribution in [0.5, 0.6) is 0 Å². The molecule has 0 fully saturated rings. The summed E-state index contributed by atoms with van der Waals surface area (Å²) in [7, 11) is 0. The van der Waals surface area contributed by atoms with E-state index in [4.69, 9.17) is 0 Å². The van der Waals surface area contributed by atoms with Crippen molar-refractivity contribution < 1.29 is 4.79 Å². The van der Waals surface area contributed by atoms with Crippen molar-refractivity contribution in [2.24, 2.45) is 0 Å². The number of imidazole rings is 1. The first-order valence-corrected chi connectivity index (χ1v) is 8.65. The first-order chi connectivity index (χ1) is 12.1. The molecule has 3 rings (SSSR count). The van der Waals surface area contributed by atoms with Crippen LogP contribution in [0.1, 0.15) is 25.3 Å². The third-order valence-corrected chi connectivity index (χ3v) is 4.35. The zero-order valence-corrected chi connectivity index (χ0v) is 14.7. The fraction of sp³-hybridized carbons (Fsp3) is 0.300. The normalized spacial score (nSPS) is 11.0. The lowest BCUT2D eigenvalue weighted by molar-refractivity contribution is -0.116. The van der Waals surface area contributed by atoms with E-state index < -0.39 is 0 Å². The van der Waals surface area contributed by atoms with Crippen molar-refractivity contribution in [3.63, 3.8) is 0 Å². The molecule has 25 heavy (non-hydrogen) atoms. The van der Waals surface area contributed by atoms with E-state index in [2.05, 4.69) is 5.32 Å². The molecule has 0 saturated carbocycles. The zero-order valence-electron chi connectivity index (χ0n) is 14.7. The van der Waals surface area contributed by atoms with Crippen molar-refractivity contribution in [1.29, 1.82) is 0 Å². The van der Waals surface area contributed by atoms with E-state index in [0.717, 1.165) is 28.7 Å². The van der Waals surface area contributed by atoms with Crippen LogP contribution < -0.4 is 11.0 Å². The Bertz CT molecular complexity index is 953. The number of hydrogen-bond donors (Lipinski definition) is 1. The summed E-state index contributed by atoms with van der Waals surface area (Å²) in [4.78, 5) is 25.0. The van der Waals surface area contributed by atoms with Crippen LogP contribution in [-0.4, -0.2) is 15.0 Å². The van der Waals surface area contributed by atoms with Gasteiger partial charge >= 0.3 is 5.69 Å². The maximum atomic E-state index is 12.7. The highest BCUT2D eigenvalue weighted by molar-refractivity contribution is 5.91. The Morgan fingerprint density at radius 1 is 0.960 bits per heavy atom. The second-order valence-electron chi connectivity index (χ2n) is 6.19. The minimum Gasteiger partial charge on any atom is -0.326 e. The molecule has 0 radical (unpaired) electrons. The number of fused-ring (bicyclic) bond motifs is 1. The lowest BCUT2D eigenvalue weighted by Gasteiger charge is -2.08. The molecule has 0 spiro atoms. The average Bonchev–Trinajstić information content (AvgIpc) is 2.88. The predicted octanol–water partition coefficient (Wildman–Crippen LogP) is 3.55. The van der Waals surface area contributed by atoms with Crippen LogP contribution in [0.3, 0.4) is 0 Å². The Hall–Kier alpha value is -2.82. The summed E-state index contributed by atoms with van der Waals surface area (Å²) in [6, 6.07) is 15.4. The summed E-state index contributed by atoms with van der Waals surface area (Å²) in [6.45, 7) is 5.06. The first-order valence-electron chi connectivity index (χ1n) is 8.65. The van der Waals surface area contributed by atoms with Gasteiger partial charge < -0.3 is 5.32 Å². The quantitative estimate of drug-likeness (QED) is 0.748. The van der Waals surface area contributed by atoms with E-state index in [0.29, 0.717) is 13.1 Å². The van der Waals surface area contributed by atoms with Crippen molar-refractivity contribution in [1.82, 2.24) is 9.13 Å². The molecule has 0 unspecified atom stereocenters. The molecule has 3 aromatic rings. The molecule has 1 heterocycles. The van der Waals surface area contributed by atoms with Crippen LogP contribution in [0, 0.1) is 6.92 Å². The van der Waals surface area contributed by atoms with Gasteiger partial charge in [-0.15, -0.1) is 0 Å². The summed E-state index contributed by atoms with van der Waals surface area (Å²) in [5.74, 6) is -0.0893. The number of nitrogens with one attached hydrogen (secondary N) is 1. The minimum absolute atomic E-state index is 0.0493. The largest absolute Gasteiger partial charge is 0.329 e. The van der Waals surface area contributed by atoms with Crippen molar-refractivity contribution in [3.05, 3.63) is 64.6 Å². The van der Waals surface area contributed by atoms with Gasteiger partial charge in [-0.05, 0) is 37.1 Å². The number of carbonyl (C=O) groups excluding carboxylic acids is 1.